The highest BCUT2D eigenvalue weighted by atomic mass is 16.5. The molecule has 1 aliphatic heterocycles. The Balaban J connectivity index is 1.93. The number of aliphatic hydroxyl groups excluding tert-OH is 1. The van der Waals surface area contributed by atoms with Gasteiger partial charge in [-0.05, 0) is 20.2 Å². The van der Waals surface area contributed by atoms with Crippen molar-refractivity contribution in [2.24, 2.45) is 0 Å². The first-order chi connectivity index (χ1) is 13.4. The van der Waals surface area contributed by atoms with Crippen molar-refractivity contribution in [2.75, 3.05) is 74.1 Å². The van der Waals surface area contributed by atoms with Crippen LogP contribution in [0.5, 0.6) is 11.5 Å². The molecule has 2 rings (SSSR count). The highest BCUT2D eigenvalue weighted by Gasteiger charge is 2.18. The van der Waals surface area contributed by atoms with Crippen LogP contribution in [0.4, 0.5) is 0 Å². The van der Waals surface area contributed by atoms with Crippen LogP contribution in [-0.2, 0) is 11.3 Å². The molecule has 1 aliphatic rings. The molecule has 0 bridgehead atoms. The lowest BCUT2D eigenvalue weighted by atomic mass is 10.1. The summed E-state index contributed by atoms with van der Waals surface area (Å²) in [7, 11) is 7.23. The summed E-state index contributed by atoms with van der Waals surface area (Å²) in [5.41, 5.74) is 0.944. The number of carbonyl (C=O) groups is 1. The second-order valence-electron chi connectivity index (χ2n) is 7.39. The number of aliphatic hydroxyl groups is 1. The fourth-order valence-corrected chi connectivity index (χ4v) is 3.16. The number of carbonyl (C=O) groups excluding carboxylic acids is 1. The van der Waals surface area contributed by atoms with E-state index >= 15 is 0 Å². The Kier molecular flexibility index (Phi) is 8.98. The lowest BCUT2D eigenvalue weighted by molar-refractivity contribution is -0.121. The SMILES string of the molecule is CNC(=O)CN(C)Cc1ccc(OC)cc1OCC(O)CN1CCN(C)CC1. The van der Waals surface area contributed by atoms with Gasteiger partial charge in [0.05, 0.1) is 13.7 Å². The van der Waals surface area contributed by atoms with E-state index in [0.29, 0.717) is 31.1 Å². The third kappa shape index (κ3) is 7.27. The normalized spacial score (nSPS) is 16.8. The molecule has 1 aromatic carbocycles. The summed E-state index contributed by atoms with van der Waals surface area (Å²) in [6.45, 7) is 5.63. The minimum Gasteiger partial charge on any atom is -0.497 e. The summed E-state index contributed by atoms with van der Waals surface area (Å²) in [5.74, 6) is 1.32. The van der Waals surface area contributed by atoms with Gasteiger partial charge in [0.25, 0.3) is 0 Å². The van der Waals surface area contributed by atoms with Crippen LogP contribution in [0.25, 0.3) is 0 Å². The third-order valence-corrected chi connectivity index (χ3v) is 4.90. The number of nitrogens with one attached hydrogen (secondary N) is 1. The first kappa shape index (κ1) is 22.4. The van der Waals surface area contributed by atoms with Crippen molar-refractivity contribution in [1.29, 1.82) is 0 Å². The molecule has 0 aliphatic carbocycles. The molecule has 1 fully saturated rings. The van der Waals surface area contributed by atoms with E-state index in [1.54, 1.807) is 14.2 Å². The number of hydrogen-bond acceptors (Lipinski definition) is 7. The Morgan fingerprint density at radius 2 is 2.04 bits per heavy atom. The van der Waals surface area contributed by atoms with E-state index in [1.165, 1.54) is 0 Å². The number of rotatable bonds is 10. The molecule has 0 aromatic heterocycles. The molecule has 1 amide bonds. The maximum Gasteiger partial charge on any atom is 0.233 e. The molecule has 1 saturated heterocycles. The molecule has 28 heavy (non-hydrogen) atoms. The fourth-order valence-electron chi connectivity index (χ4n) is 3.16. The largest absolute Gasteiger partial charge is 0.497 e. The van der Waals surface area contributed by atoms with Gasteiger partial charge in [-0.15, -0.1) is 0 Å². The van der Waals surface area contributed by atoms with Crippen molar-refractivity contribution in [3.63, 3.8) is 0 Å². The lowest BCUT2D eigenvalue weighted by Crippen LogP contribution is -2.47. The summed E-state index contributed by atoms with van der Waals surface area (Å²) in [6, 6.07) is 5.63. The number of piperazine rings is 1. The second kappa shape index (κ2) is 11.2. The molecule has 0 spiro atoms. The quantitative estimate of drug-likeness (QED) is 0.572. The number of nitrogens with zero attached hydrogens (tertiary/aromatic N) is 3. The van der Waals surface area contributed by atoms with Gasteiger partial charge in [0.15, 0.2) is 0 Å². The Morgan fingerprint density at radius 1 is 1.32 bits per heavy atom. The molecular weight excluding hydrogens is 360 g/mol. The molecule has 158 valence electrons. The number of likely N-dealkylation sites (N-methyl/N-ethyl adjacent to an activating group) is 3. The van der Waals surface area contributed by atoms with Crippen LogP contribution in [-0.4, -0.2) is 106 Å². The van der Waals surface area contributed by atoms with Gasteiger partial charge in [-0.1, -0.05) is 6.07 Å². The minimum absolute atomic E-state index is 0.0407. The van der Waals surface area contributed by atoms with Crippen LogP contribution in [0.2, 0.25) is 0 Å². The van der Waals surface area contributed by atoms with Gasteiger partial charge in [0.1, 0.15) is 24.2 Å². The van der Waals surface area contributed by atoms with E-state index in [-0.39, 0.29) is 12.5 Å². The fraction of sp³-hybridized carbons (Fsp3) is 0.650. The number of methoxy groups -OCH3 is 1. The third-order valence-electron chi connectivity index (χ3n) is 4.90. The molecule has 0 radical (unpaired) electrons. The average molecular weight is 395 g/mol. The van der Waals surface area contributed by atoms with Gasteiger partial charge >= 0.3 is 0 Å². The zero-order valence-corrected chi connectivity index (χ0v) is 17.5. The Morgan fingerprint density at radius 3 is 2.68 bits per heavy atom. The zero-order valence-electron chi connectivity index (χ0n) is 17.5. The van der Waals surface area contributed by atoms with Crippen LogP contribution in [0.1, 0.15) is 5.56 Å². The predicted octanol–water partition coefficient (Wildman–Crippen LogP) is -0.140. The summed E-state index contributed by atoms with van der Waals surface area (Å²) in [6.07, 6.45) is -0.564. The van der Waals surface area contributed by atoms with E-state index in [4.69, 9.17) is 9.47 Å². The van der Waals surface area contributed by atoms with Gasteiger partial charge < -0.3 is 24.8 Å². The van der Waals surface area contributed by atoms with Crippen LogP contribution in [0, 0.1) is 0 Å². The van der Waals surface area contributed by atoms with Crippen molar-refractivity contribution in [3.8, 4) is 11.5 Å². The standard InChI is InChI=1S/C20H34N4O4/c1-21-20(26)14-23(3)12-16-5-6-18(27-4)11-19(16)28-15-17(25)13-24-9-7-22(2)8-10-24/h5-6,11,17,25H,7-10,12-15H2,1-4H3,(H,21,26). The summed E-state index contributed by atoms with van der Waals surface area (Å²) in [4.78, 5) is 18.0. The van der Waals surface area contributed by atoms with Gasteiger partial charge in [0.2, 0.25) is 5.91 Å². The van der Waals surface area contributed by atoms with E-state index in [0.717, 1.165) is 31.7 Å². The molecular formula is C20H34N4O4. The average Bonchev–Trinajstić information content (AvgIpc) is 2.68. The zero-order chi connectivity index (χ0) is 20.5. The van der Waals surface area contributed by atoms with Crippen LogP contribution < -0.4 is 14.8 Å². The van der Waals surface area contributed by atoms with Crippen molar-refractivity contribution in [1.82, 2.24) is 20.0 Å². The van der Waals surface area contributed by atoms with Gasteiger partial charge in [-0.3, -0.25) is 14.6 Å². The predicted molar refractivity (Wildman–Crippen MR) is 109 cm³/mol. The lowest BCUT2D eigenvalue weighted by Gasteiger charge is -2.33. The van der Waals surface area contributed by atoms with Crippen LogP contribution >= 0.6 is 0 Å². The molecule has 0 saturated carbocycles. The Hall–Kier alpha value is -1.87. The number of hydrogen-bond donors (Lipinski definition) is 2. The number of benzene rings is 1. The molecule has 1 aromatic rings. The van der Waals surface area contributed by atoms with E-state index < -0.39 is 6.10 Å². The number of amides is 1. The highest BCUT2D eigenvalue weighted by molar-refractivity contribution is 5.77. The highest BCUT2D eigenvalue weighted by Crippen LogP contribution is 2.26. The van der Waals surface area contributed by atoms with Crippen molar-refractivity contribution in [2.45, 2.75) is 12.6 Å². The first-order valence-electron chi connectivity index (χ1n) is 9.69. The maximum atomic E-state index is 11.6. The maximum absolute atomic E-state index is 11.6. The number of β-amino-alcohol motifs (C(OH)–C–C–N with tert-alkyl or cyclic N) is 1. The molecule has 2 N–H and O–H groups in total. The summed E-state index contributed by atoms with van der Waals surface area (Å²) < 4.78 is 11.2. The second-order valence-corrected chi connectivity index (χ2v) is 7.39. The Bertz CT molecular complexity index is 620. The van der Waals surface area contributed by atoms with Crippen LogP contribution in [0.15, 0.2) is 18.2 Å². The molecule has 8 nitrogen and oxygen atoms in total. The summed E-state index contributed by atoms with van der Waals surface area (Å²) >= 11 is 0. The first-order valence-corrected chi connectivity index (χ1v) is 9.69. The topological polar surface area (TPSA) is 77.5 Å². The van der Waals surface area contributed by atoms with E-state index in [2.05, 4.69) is 22.2 Å². The molecule has 8 heteroatoms. The van der Waals surface area contributed by atoms with Crippen molar-refractivity contribution >= 4 is 5.91 Å². The van der Waals surface area contributed by atoms with Gasteiger partial charge in [-0.2, -0.15) is 0 Å². The Labute approximate surface area is 168 Å². The van der Waals surface area contributed by atoms with Crippen molar-refractivity contribution in [3.05, 3.63) is 23.8 Å². The van der Waals surface area contributed by atoms with Crippen LogP contribution in [0.3, 0.4) is 0 Å². The van der Waals surface area contributed by atoms with E-state index in [1.807, 2.05) is 30.1 Å². The molecule has 1 unspecified atom stereocenters. The van der Waals surface area contributed by atoms with Gasteiger partial charge in [-0.25, -0.2) is 0 Å². The monoisotopic (exact) mass is 394 g/mol. The minimum atomic E-state index is -0.564. The summed E-state index contributed by atoms with van der Waals surface area (Å²) in [5, 5.41) is 13.0. The molecule has 1 atom stereocenters. The van der Waals surface area contributed by atoms with E-state index in [9.17, 15) is 9.90 Å². The smallest absolute Gasteiger partial charge is 0.233 e. The number of ether oxygens (including phenoxy) is 2. The van der Waals surface area contributed by atoms with Crippen molar-refractivity contribution < 1.29 is 19.4 Å². The molecule has 1 heterocycles. The van der Waals surface area contributed by atoms with Gasteiger partial charge in [0, 0.05) is 57.9 Å².